The minimum Gasteiger partial charge on any atom is -0.488 e. The summed E-state index contributed by atoms with van der Waals surface area (Å²) in [5.74, 6) is 1.13. The molecular weight excluding hydrogens is 214 g/mol. The Morgan fingerprint density at radius 1 is 1.53 bits per heavy atom. The van der Waals surface area contributed by atoms with Gasteiger partial charge in [0.1, 0.15) is 11.9 Å². The lowest BCUT2D eigenvalue weighted by atomic mass is 9.92. The van der Waals surface area contributed by atoms with E-state index in [1.807, 2.05) is 12.2 Å². The summed E-state index contributed by atoms with van der Waals surface area (Å²) in [6.07, 6.45) is 9.64. The average molecular weight is 231 g/mol. The van der Waals surface area contributed by atoms with Gasteiger partial charge >= 0.3 is 0 Å². The van der Waals surface area contributed by atoms with Crippen LogP contribution in [0.4, 0.5) is 0 Å². The molecule has 3 heteroatoms. The van der Waals surface area contributed by atoms with Crippen molar-refractivity contribution in [3.63, 3.8) is 0 Å². The van der Waals surface area contributed by atoms with Crippen molar-refractivity contribution in [1.82, 2.24) is 4.90 Å². The van der Waals surface area contributed by atoms with Crippen LogP contribution < -0.4 is 0 Å². The smallest absolute Gasteiger partial charge is 0.246 e. The lowest BCUT2D eigenvalue weighted by Crippen LogP contribution is -2.27. The largest absolute Gasteiger partial charge is 0.488 e. The molecule has 17 heavy (non-hydrogen) atoms. The molecule has 90 valence electrons. The van der Waals surface area contributed by atoms with Crippen LogP contribution in [0.5, 0.6) is 0 Å². The number of carbonyl (C=O) groups is 1. The van der Waals surface area contributed by atoms with Crippen LogP contribution in [-0.2, 0) is 9.53 Å². The molecule has 1 heterocycles. The summed E-state index contributed by atoms with van der Waals surface area (Å²) in [4.78, 5) is 13.0. The van der Waals surface area contributed by atoms with Crippen molar-refractivity contribution in [1.29, 1.82) is 0 Å². The van der Waals surface area contributed by atoms with E-state index in [0.717, 1.165) is 5.76 Å². The van der Waals surface area contributed by atoms with Crippen LogP contribution in [0.25, 0.3) is 0 Å². The summed E-state index contributed by atoms with van der Waals surface area (Å²) in [6.45, 7) is 6.05. The normalized spacial score (nSPS) is 25.5. The van der Waals surface area contributed by atoms with Gasteiger partial charge in [-0.3, -0.25) is 4.79 Å². The first-order valence-corrected chi connectivity index (χ1v) is 5.72. The van der Waals surface area contributed by atoms with Gasteiger partial charge in [-0.05, 0) is 24.6 Å². The van der Waals surface area contributed by atoms with Gasteiger partial charge in [-0.15, -0.1) is 0 Å². The molecule has 3 nitrogen and oxygen atoms in total. The molecule has 2 aliphatic rings. The maximum Gasteiger partial charge on any atom is 0.246 e. The first kappa shape index (κ1) is 11.7. The van der Waals surface area contributed by atoms with E-state index < -0.39 is 0 Å². The van der Waals surface area contributed by atoms with Gasteiger partial charge in [0.2, 0.25) is 5.91 Å². The second-order valence-corrected chi connectivity index (χ2v) is 4.38. The number of fused-ring (bicyclic) bond motifs is 1. The lowest BCUT2D eigenvalue weighted by Gasteiger charge is -2.18. The first-order chi connectivity index (χ1) is 8.13. The Labute approximate surface area is 102 Å². The van der Waals surface area contributed by atoms with Crippen molar-refractivity contribution in [2.75, 3.05) is 13.6 Å². The van der Waals surface area contributed by atoms with E-state index in [1.54, 1.807) is 11.9 Å². The molecule has 0 saturated heterocycles. The lowest BCUT2D eigenvalue weighted by molar-refractivity contribution is -0.124. The van der Waals surface area contributed by atoms with E-state index in [0.29, 0.717) is 12.5 Å². The zero-order valence-electron chi connectivity index (χ0n) is 10.2. The Hall–Kier alpha value is -1.77. The van der Waals surface area contributed by atoms with Crippen molar-refractivity contribution >= 4 is 5.91 Å². The maximum atomic E-state index is 11.4. The third kappa shape index (κ3) is 2.18. The van der Waals surface area contributed by atoms with Gasteiger partial charge in [0.25, 0.3) is 0 Å². The summed E-state index contributed by atoms with van der Waals surface area (Å²) in [6, 6.07) is 0. The number of hydrogen-bond donors (Lipinski definition) is 0. The molecule has 1 aliphatic heterocycles. The number of rotatable bonds is 3. The Kier molecular flexibility index (Phi) is 3.18. The molecule has 2 unspecified atom stereocenters. The van der Waals surface area contributed by atoms with Crippen LogP contribution in [0.15, 0.2) is 48.3 Å². The topological polar surface area (TPSA) is 29.5 Å². The highest BCUT2D eigenvalue weighted by atomic mass is 16.5. The van der Waals surface area contributed by atoms with Gasteiger partial charge in [-0.1, -0.05) is 24.8 Å². The fraction of sp³-hybridized carbons (Fsp3) is 0.357. The fourth-order valence-electron chi connectivity index (χ4n) is 2.14. The van der Waals surface area contributed by atoms with Gasteiger partial charge in [0.15, 0.2) is 0 Å². The van der Waals surface area contributed by atoms with Crippen LogP contribution >= 0.6 is 0 Å². The van der Waals surface area contributed by atoms with E-state index in [-0.39, 0.29) is 12.0 Å². The van der Waals surface area contributed by atoms with Gasteiger partial charge < -0.3 is 9.64 Å². The molecule has 0 spiro atoms. The zero-order chi connectivity index (χ0) is 12.4. The van der Waals surface area contributed by atoms with Crippen LogP contribution in [0.1, 0.15) is 6.92 Å². The molecule has 0 saturated carbocycles. The summed E-state index contributed by atoms with van der Waals surface area (Å²) in [5, 5.41) is 0. The third-order valence-electron chi connectivity index (χ3n) is 3.23. The van der Waals surface area contributed by atoms with Crippen LogP contribution in [0.3, 0.4) is 0 Å². The highest BCUT2D eigenvalue weighted by Crippen LogP contribution is 2.34. The summed E-state index contributed by atoms with van der Waals surface area (Å²) >= 11 is 0. The number of hydrogen-bond acceptors (Lipinski definition) is 2. The standard InChI is InChI=1S/C14H17NO2/c1-4-14(16)15(3)9-13-10(2)11-7-5-6-8-12(11)17-13/h4-8,11-12H,1,9H2,2-3H3. The van der Waals surface area contributed by atoms with Crippen molar-refractivity contribution in [3.8, 4) is 0 Å². The fourth-order valence-corrected chi connectivity index (χ4v) is 2.14. The minimum absolute atomic E-state index is 0.0881. The first-order valence-electron chi connectivity index (χ1n) is 5.72. The predicted octanol–water partition coefficient (Wildman–Crippen LogP) is 2.05. The SMILES string of the molecule is C=CC(=O)N(C)CC1=C(C)C2C=CC=CC2O1. The Balaban J connectivity index is 2.09. The Morgan fingerprint density at radius 2 is 2.24 bits per heavy atom. The molecule has 0 N–H and O–H groups in total. The highest BCUT2D eigenvalue weighted by molar-refractivity contribution is 5.86. The summed E-state index contributed by atoms with van der Waals surface area (Å²) < 4.78 is 5.86. The molecule has 0 aromatic heterocycles. The zero-order valence-corrected chi connectivity index (χ0v) is 10.2. The molecule has 2 rings (SSSR count). The monoisotopic (exact) mass is 231 g/mol. The molecule has 0 fully saturated rings. The van der Waals surface area contributed by atoms with Crippen molar-refractivity contribution in [2.24, 2.45) is 5.92 Å². The van der Waals surface area contributed by atoms with E-state index in [1.165, 1.54) is 11.6 Å². The van der Waals surface area contributed by atoms with E-state index >= 15 is 0 Å². The van der Waals surface area contributed by atoms with Crippen LogP contribution in [0, 0.1) is 5.92 Å². The average Bonchev–Trinajstić information content (AvgIpc) is 2.66. The number of amides is 1. The molecule has 2 atom stereocenters. The molecule has 0 radical (unpaired) electrons. The van der Waals surface area contributed by atoms with Crippen molar-refractivity contribution in [2.45, 2.75) is 13.0 Å². The number of carbonyl (C=O) groups excluding carboxylic acids is 1. The number of likely N-dealkylation sites (N-methyl/N-ethyl adjacent to an activating group) is 1. The van der Waals surface area contributed by atoms with Crippen molar-refractivity contribution in [3.05, 3.63) is 48.3 Å². The van der Waals surface area contributed by atoms with Crippen LogP contribution in [0.2, 0.25) is 0 Å². The minimum atomic E-state index is -0.0881. The van der Waals surface area contributed by atoms with Gasteiger partial charge in [-0.25, -0.2) is 0 Å². The predicted molar refractivity (Wildman–Crippen MR) is 67.2 cm³/mol. The Bertz CT molecular complexity index is 432. The number of nitrogens with zero attached hydrogens (tertiary/aromatic N) is 1. The Morgan fingerprint density at radius 3 is 2.88 bits per heavy atom. The molecule has 0 bridgehead atoms. The molecule has 0 aromatic carbocycles. The number of allylic oxidation sites excluding steroid dienone is 2. The van der Waals surface area contributed by atoms with E-state index in [4.69, 9.17) is 4.74 Å². The third-order valence-corrected chi connectivity index (χ3v) is 3.23. The highest BCUT2D eigenvalue weighted by Gasteiger charge is 2.32. The summed E-state index contributed by atoms with van der Waals surface area (Å²) in [7, 11) is 1.75. The molecule has 1 amide bonds. The van der Waals surface area contributed by atoms with Gasteiger partial charge in [-0.2, -0.15) is 0 Å². The second kappa shape index (κ2) is 4.62. The van der Waals surface area contributed by atoms with E-state index in [9.17, 15) is 4.79 Å². The van der Waals surface area contributed by atoms with E-state index in [2.05, 4.69) is 25.7 Å². The molecule has 1 aliphatic carbocycles. The van der Waals surface area contributed by atoms with Crippen LogP contribution in [-0.4, -0.2) is 30.5 Å². The molecular formula is C14H17NO2. The number of ether oxygens (including phenoxy) is 1. The van der Waals surface area contributed by atoms with Gasteiger partial charge in [0.05, 0.1) is 6.54 Å². The molecule has 0 aromatic rings. The second-order valence-electron chi connectivity index (χ2n) is 4.38. The quantitative estimate of drug-likeness (QED) is 0.696. The van der Waals surface area contributed by atoms with Crippen molar-refractivity contribution < 1.29 is 9.53 Å². The summed E-state index contributed by atoms with van der Waals surface area (Å²) in [5.41, 5.74) is 1.21. The van der Waals surface area contributed by atoms with Gasteiger partial charge in [0, 0.05) is 13.0 Å². The maximum absolute atomic E-state index is 11.4.